The van der Waals surface area contributed by atoms with Gasteiger partial charge < -0.3 is 19.2 Å². The molecule has 30 heavy (non-hydrogen) atoms. The van der Waals surface area contributed by atoms with Crippen molar-refractivity contribution in [1.29, 1.82) is 5.26 Å². The summed E-state index contributed by atoms with van der Waals surface area (Å²) >= 11 is 0. The van der Waals surface area contributed by atoms with Gasteiger partial charge in [-0.2, -0.15) is 5.26 Å². The molecular weight excluding hydrogens is 380 g/mol. The van der Waals surface area contributed by atoms with Crippen LogP contribution >= 0.6 is 0 Å². The SMILES string of the molecule is N#Cc1ccccc1OCc1ccc(C(=O)Nc2cccc(COCC3CC3)c2)o1. The molecule has 0 atom stereocenters. The predicted octanol–water partition coefficient (Wildman–Crippen LogP) is 4.91. The molecule has 1 amide bonds. The average molecular weight is 402 g/mol. The van der Waals surface area contributed by atoms with E-state index in [4.69, 9.17) is 19.2 Å². The van der Waals surface area contributed by atoms with Gasteiger partial charge in [0, 0.05) is 12.3 Å². The number of ether oxygens (including phenoxy) is 2. The number of amides is 1. The molecule has 1 fully saturated rings. The fraction of sp³-hybridized carbons (Fsp3) is 0.250. The van der Waals surface area contributed by atoms with Gasteiger partial charge in [-0.25, -0.2) is 0 Å². The summed E-state index contributed by atoms with van der Waals surface area (Å²) in [6.45, 7) is 1.46. The number of carbonyl (C=O) groups excluding carboxylic acids is 1. The van der Waals surface area contributed by atoms with Gasteiger partial charge in [0.25, 0.3) is 5.91 Å². The second kappa shape index (κ2) is 9.29. The Labute approximate surface area is 175 Å². The van der Waals surface area contributed by atoms with Crippen LogP contribution in [0.3, 0.4) is 0 Å². The average Bonchev–Trinajstić information content (AvgIpc) is 3.46. The number of furan rings is 1. The van der Waals surface area contributed by atoms with Crippen LogP contribution in [0.2, 0.25) is 0 Å². The molecule has 3 aromatic rings. The Kier molecular flexibility index (Phi) is 6.11. The summed E-state index contributed by atoms with van der Waals surface area (Å²) < 4.78 is 16.9. The highest BCUT2D eigenvalue weighted by Crippen LogP contribution is 2.29. The molecule has 2 aromatic carbocycles. The Balaban J connectivity index is 1.32. The van der Waals surface area contributed by atoms with Crippen LogP contribution in [0.4, 0.5) is 5.69 Å². The van der Waals surface area contributed by atoms with E-state index in [2.05, 4.69) is 11.4 Å². The standard InChI is InChI=1S/C24H22N2O4/c25-13-19-5-1-2-7-22(19)29-16-21-10-11-23(30-21)24(27)26-20-6-3-4-18(12-20)15-28-14-17-8-9-17/h1-7,10-12,17H,8-9,14-16H2,(H,26,27). The van der Waals surface area contributed by atoms with Gasteiger partial charge in [0.2, 0.25) is 0 Å². The van der Waals surface area contributed by atoms with Crippen LogP contribution in [0, 0.1) is 17.2 Å². The normalized spacial score (nSPS) is 12.9. The molecule has 1 aromatic heterocycles. The van der Waals surface area contributed by atoms with E-state index in [0.29, 0.717) is 29.4 Å². The molecule has 1 aliphatic rings. The first-order chi connectivity index (χ1) is 14.7. The highest BCUT2D eigenvalue weighted by molar-refractivity contribution is 6.02. The third-order valence-electron chi connectivity index (χ3n) is 4.77. The van der Waals surface area contributed by atoms with Crippen LogP contribution in [-0.4, -0.2) is 12.5 Å². The van der Waals surface area contributed by atoms with Gasteiger partial charge in [-0.3, -0.25) is 4.79 Å². The first-order valence-corrected chi connectivity index (χ1v) is 9.90. The lowest BCUT2D eigenvalue weighted by Gasteiger charge is -2.07. The number of hydrogen-bond acceptors (Lipinski definition) is 5. The van der Waals surface area contributed by atoms with E-state index in [0.717, 1.165) is 18.1 Å². The van der Waals surface area contributed by atoms with Gasteiger partial charge in [-0.05, 0) is 60.7 Å². The molecule has 0 aliphatic heterocycles. The molecule has 0 radical (unpaired) electrons. The topological polar surface area (TPSA) is 84.5 Å². The van der Waals surface area contributed by atoms with Crippen LogP contribution in [0.1, 0.15) is 40.3 Å². The Hall–Kier alpha value is -3.56. The van der Waals surface area contributed by atoms with Crippen molar-refractivity contribution >= 4 is 11.6 Å². The van der Waals surface area contributed by atoms with Crippen molar-refractivity contribution in [3.63, 3.8) is 0 Å². The van der Waals surface area contributed by atoms with Gasteiger partial charge in [-0.15, -0.1) is 0 Å². The number of nitrogens with one attached hydrogen (secondary N) is 1. The van der Waals surface area contributed by atoms with Crippen molar-refractivity contribution in [3.05, 3.63) is 83.3 Å². The molecule has 1 aliphatic carbocycles. The molecule has 4 rings (SSSR count). The Morgan fingerprint density at radius 3 is 2.80 bits per heavy atom. The van der Waals surface area contributed by atoms with Crippen LogP contribution in [0.5, 0.6) is 5.75 Å². The Morgan fingerprint density at radius 2 is 1.97 bits per heavy atom. The van der Waals surface area contributed by atoms with E-state index < -0.39 is 0 Å². The number of rotatable bonds is 9. The van der Waals surface area contributed by atoms with E-state index in [1.807, 2.05) is 24.3 Å². The van der Waals surface area contributed by atoms with E-state index >= 15 is 0 Å². The molecule has 6 nitrogen and oxygen atoms in total. The van der Waals surface area contributed by atoms with Crippen molar-refractivity contribution in [3.8, 4) is 11.8 Å². The lowest BCUT2D eigenvalue weighted by Crippen LogP contribution is -2.11. The van der Waals surface area contributed by atoms with Gasteiger partial charge >= 0.3 is 0 Å². The minimum absolute atomic E-state index is 0.125. The first-order valence-electron chi connectivity index (χ1n) is 9.90. The van der Waals surface area contributed by atoms with Crippen molar-refractivity contribution in [1.82, 2.24) is 0 Å². The molecule has 1 heterocycles. The fourth-order valence-corrected chi connectivity index (χ4v) is 2.97. The van der Waals surface area contributed by atoms with Crippen molar-refractivity contribution in [2.45, 2.75) is 26.1 Å². The molecule has 0 bridgehead atoms. The third-order valence-corrected chi connectivity index (χ3v) is 4.77. The zero-order valence-corrected chi connectivity index (χ0v) is 16.5. The predicted molar refractivity (Wildman–Crippen MR) is 111 cm³/mol. The van der Waals surface area contributed by atoms with Gasteiger partial charge in [0.15, 0.2) is 5.76 Å². The van der Waals surface area contributed by atoms with Gasteiger partial charge in [0.05, 0.1) is 12.2 Å². The maximum Gasteiger partial charge on any atom is 0.291 e. The second-order valence-electron chi connectivity index (χ2n) is 7.28. The number of nitriles is 1. The molecule has 0 saturated heterocycles. The maximum absolute atomic E-state index is 12.5. The highest BCUT2D eigenvalue weighted by Gasteiger charge is 2.21. The maximum atomic E-state index is 12.5. The molecule has 0 spiro atoms. The fourth-order valence-electron chi connectivity index (χ4n) is 2.97. The molecule has 1 saturated carbocycles. The molecule has 6 heteroatoms. The third kappa shape index (κ3) is 5.28. The summed E-state index contributed by atoms with van der Waals surface area (Å²) in [5, 5.41) is 12.0. The van der Waals surface area contributed by atoms with Crippen LogP contribution < -0.4 is 10.1 Å². The number of para-hydroxylation sites is 1. The lowest BCUT2D eigenvalue weighted by molar-refractivity contribution is 0.0992. The zero-order chi connectivity index (χ0) is 20.8. The summed E-state index contributed by atoms with van der Waals surface area (Å²) in [6, 6.07) is 19.9. The van der Waals surface area contributed by atoms with Crippen LogP contribution in [-0.2, 0) is 18.0 Å². The number of hydrogen-bond donors (Lipinski definition) is 1. The minimum Gasteiger partial charge on any atom is -0.484 e. The van der Waals surface area contributed by atoms with E-state index in [-0.39, 0.29) is 18.3 Å². The van der Waals surface area contributed by atoms with E-state index in [1.54, 1.807) is 36.4 Å². The van der Waals surface area contributed by atoms with Crippen molar-refractivity contribution in [2.24, 2.45) is 5.92 Å². The van der Waals surface area contributed by atoms with Crippen LogP contribution in [0.25, 0.3) is 0 Å². The summed E-state index contributed by atoms with van der Waals surface area (Å²) in [7, 11) is 0. The van der Waals surface area contributed by atoms with Gasteiger partial charge in [0.1, 0.15) is 24.2 Å². The molecular formula is C24H22N2O4. The van der Waals surface area contributed by atoms with Crippen LogP contribution in [0.15, 0.2) is 65.1 Å². The number of nitrogens with zero attached hydrogens (tertiary/aromatic N) is 1. The first kappa shape index (κ1) is 19.7. The minimum atomic E-state index is -0.338. The number of carbonyl (C=O) groups is 1. The van der Waals surface area contributed by atoms with E-state index in [9.17, 15) is 4.79 Å². The molecule has 0 unspecified atom stereocenters. The molecule has 1 N–H and O–H groups in total. The van der Waals surface area contributed by atoms with Crippen molar-refractivity contribution < 1.29 is 18.7 Å². The number of benzene rings is 2. The highest BCUT2D eigenvalue weighted by atomic mass is 16.5. The summed E-state index contributed by atoms with van der Waals surface area (Å²) in [4.78, 5) is 12.5. The smallest absolute Gasteiger partial charge is 0.291 e. The zero-order valence-electron chi connectivity index (χ0n) is 16.5. The summed E-state index contributed by atoms with van der Waals surface area (Å²) in [6.07, 6.45) is 2.52. The summed E-state index contributed by atoms with van der Waals surface area (Å²) in [5.74, 6) is 1.55. The largest absolute Gasteiger partial charge is 0.484 e. The Morgan fingerprint density at radius 1 is 1.10 bits per heavy atom. The second-order valence-corrected chi connectivity index (χ2v) is 7.28. The number of anilines is 1. The Bertz CT molecular complexity index is 1060. The molecule has 152 valence electrons. The summed E-state index contributed by atoms with van der Waals surface area (Å²) in [5.41, 5.74) is 2.14. The monoisotopic (exact) mass is 402 g/mol. The quantitative estimate of drug-likeness (QED) is 0.550. The lowest BCUT2D eigenvalue weighted by atomic mass is 10.2. The van der Waals surface area contributed by atoms with Gasteiger partial charge in [-0.1, -0.05) is 24.3 Å². The van der Waals surface area contributed by atoms with Crippen molar-refractivity contribution in [2.75, 3.05) is 11.9 Å². The van der Waals surface area contributed by atoms with E-state index in [1.165, 1.54) is 12.8 Å².